The topological polar surface area (TPSA) is 29.9 Å². The molecule has 2 aromatic rings. The molecule has 1 aliphatic rings. The molecule has 4 heteroatoms. The van der Waals surface area contributed by atoms with Gasteiger partial charge >= 0.3 is 0 Å². The zero-order valence-corrected chi connectivity index (χ0v) is 11.9. The van der Waals surface area contributed by atoms with Crippen LogP contribution >= 0.6 is 11.8 Å². The van der Waals surface area contributed by atoms with Crippen LogP contribution in [0.2, 0.25) is 0 Å². The van der Waals surface area contributed by atoms with E-state index in [0.29, 0.717) is 12.0 Å². The number of thioether (sulfide) groups is 1. The van der Waals surface area contributed by atoms with E-state index >= 15 is 0 Å². The van der Waals surface area contributed by atoms with Gasteiger partial charge in [-0.25, -0.2) is 4.68 Å². The average Bonchev–Trinajstić information content (AvgIpc) is 3.12. The van der Waals surface area contributed by atoms with Gasteiger partial charge in [0.2, 0.25) is 0 Å². The molecule has 0 spiro atoms. The second-order valence-electron chi connectivity index (χ2n) is 4.89. The number of aromatic nitrogens is 2. The normalized spacial score (nSPS) is 20.6. The molecule has 100 valence electrons. The molecule has 1 N–H and O–H groups in total. The van der Waals surface area contributed by atoms with Gasteiger partial charge in [-0.1, -0.05) is 18.2 Å². The van der Waals surface area contributed by atoms with Gasteiger partial charge in [0.05, 0.1) is 17.4 Å². The fourth-order valence-electron chi connectivity index (χ4n) is 2.77. The molecule has 0 amide bonds. The van der Waals surface area contributed by atoms with Crippen molar-refractivity contribution in [3.8, 4) is 5.69 Å². The first-order chi connectivity index (χ1) is 9.40. The summed E-state index contributed by atoms with van der Waals surface area (Å²) in [4.78, 5) is 0. The SMILES string of the molecule is CNC(c1ccnn1-c1ccccc1)C1CCSC1. The summed E-state index contributed by atoms with van der Waals surface area (Å²) in [6.45, 7) is 0. The first kappa shape index (κ1) is 12.8. The van der Waals surface area contributed by atoms with Gasteiger partial charge in [0.1, 0.15) is 0 Å². The maximum atomic E-state index is 4.50. The van der Waals surface area contributed by atoms with Crippen LogP contribution in [0.4, 0.5) is 0 Å². The molecule has 2 unspecified atom stereocenters. The number of hydrogen-bond acceptors (Lipinski definition) is 3. The van der Waals surface area contributed by atoms with E-state index in [4.69, 9.17) is 0 Å². The molecule has 1 aromatic carbocycles. The number of nitrogens with one attached hydrogen (secondary N) is 1. The Kier molecular flexibility index (Phi) is 3.89. The fourth-order valence-corrected chi connectivity index (χ4v) is 4.07. The van der Waals surface area contributed by atoms with Crippen LogP contribution in [-0.4, -0.2) is 28.3 Å². The molecule has 1 aliphatic heterocycles. The van der Waals surface area contributed by atoms with Crippen LogP contribution < -0.4 is 5.32 Å². The molecular weight excluding hydrogens is 254 g/mol. The summed E-state index contributed by atoms with van der Waals surface area (Å²) in [5, 5.41) is 7.98. The van der Waals surface area contributed by atoms with Crippen LogP contribution in [0.1, 0.15) is 18.2 Å². The zero-order chi connectivity index (χ0) is 13.1. The van der Waals surface area contributed by atoms with Gasteiger partial charge in [-0.3, -0.25) is 0 Å². The van der Waals surface area contributed by atoms with Gasteiger partial charge in [0.15, 0.2) is 0 Å². The van der Waals surface area contributed by atoms with Crippen molar-refractivity contribution in [2.24, 2.45) is 5.92 Å². The third-order valence-corrected chi connectivity index (χ3v) is 4.93. The van der Waals surface area contributed by atoms with Crippen molar-refractivity contribution in [1.82, 2.24) is 15.1 Å². The van der Waals surface area contributed by atoms with E-state index in [9.17, 15) is 0 Å². The van der Waals surface area contributed by atoms with Crippen LogP contribution in [0, 0.1) is 5.92 Å². The largest absolute Gasteiger partial charge is 0.311 e. The Morgan fingerprint density at radius 3 is 2.84 bits per heavy atom. The highest BCUT2D eigenvalue weighted by Gasteiger charge is 2.28. The lowest BCUT2D eigenvalue weighted by molar-refractivity contribution is 0.403. The van der Waals surface area contributed by atoms with Crippen molar-refractivity contribution in [2.75, 3.05) is 18.6 Å². The average molecular weight is 273 g/mol. The Hall–Kier alpha value is -1.26. The maximum Gasteiger partial charge on any atom is 0.0649 e. The molecule has 3 nitrogen and oxygen atoms in total. The first-order valence-electron chi connectivity index (χ1n) is 6.74. The van der Waals surface area contributed by atoms with Crippen LogP contribution in [0.3, 0.4) is 0 Å². The van der Waals surface area contributed by atoms with E-state index in [1.54, 1.807) is 0 Å². The Bertz CT molecular complexity index is 517. The molecule has 2 atom stereocenters. The molecule has 0 aliphatic carbocycles. The second-order valence-corrected chi connectivity index (χ2v) is 6.04. The molecule has 0 radical (unpaired) electrons. The number of rotatable bonds is 4. The Balaban J connectivity index is 1.94. The molecule has 1 saturated heterocycles. The monoisotopic (exact) mass is 273 g/mol. The Morgan fingerprint density at radius 2 is 2.16 bits per heavy atom. The molecule has 1 fully saturated rings. The van der Waals surface area contributed by atoms with Crippen molar-refractivity contribution < 1.29 is 0 Å². The predicted molar refractivity (Wildman–Crippen MR) is 80.8 cm³/mol. The van der Waals surface area contributed by atoms with Crippen molar-refractivity contribution in [3.05, 3.63) is 48.3 Å². The van der Waals surface area contributed by atoms with E-state index in [1.165, 1.54) is 23.6 Å². The summed E-state index contributed by atoms with van der Waals surface area (Å²) in [5.74, 6) is 3.22. The highest BCUT2D eigenvalue weighted by atomic mass is 32.2. The molecular formula is C15H19N3S. The van der Waals surface area contributed by atoms with E-state index in [-0.39, 0.29) is 0 Å². The van der Waals surface area contributed by atoms with Gasteiger partial charge in [0.25, 0.3) is 0 Å². The van der Waals surface area contributed by atoms with Crippen LogP contribution in [0.5, 0.6) is 0 Å². The van der Waals surface area contributed by atoms with Gasteiger partial charge in [-0.15, -0.1) is 0 Å². The summed E-state index contributed by atoms with van der Waals surface area (Å²) in [7, 11) is 2.05. The van der Waals surface area contributed by atoms with E-state index in [2.05, 4.69) is 64.2 Å². The summed E-state index contributed by atoms with van der Waals surface area (Å²) in [6, 6.07) is 12.9. The smallest absolute Gasteiger partial charge is 0.0649 e. The van der Waals surface area contributed by atoms with Crippen molar-refractivity contribution >= 4 is 11.8 Å². The number of benzene rings is 1. The third kappa shape index (κ3) is 2.55. The minimum absolute atomic E-state index is 0.387. The molecule has 0 saturated carbocycles. The molecule has 2 heterocycles. The van der Waals surface area contributed by atoms with Gasteiger partial charge in [0, 0.05) is 6.20 Å². The number of para-hydroxylation sites is 1. The van der Waals surface area contributed by atoms with Crippen LogP contribution in [-0.2, 0) is 0 Å². The van der Waals surface area contributed by atoms with E-state index < -0.39 is 0 Å². The maximum absolute atomic E-state index is 4.50. The Morgan fingerprint density at radius 1 is 1.32 bits per heavy atom. The molecule has 0 bridgehead atoms. The second kappa shape index (κ2) is 5.80. The lowest BCUT2D eigenvalue weighted by atomic mass is 9.96. The van der Waals surface area contributed by atoms with Crippen molar-refractivity contribution in [3.63, 3.8) is 0 Å². The predicted octanol–water partition coefficient (Wildman–Crippen LogP) is 2.89. The van der Waals surface area contributed by atoms with Crippen molar-refractivity contribution in [2.45, 2.75) is 12.5 Å². The van der Waals surface area contributed by atoms with Gasteiger partial charge < -0.3 is 5.32 Å². The highest BCUT2D eigenvalue weighted by molar-refractivity contribution is 7.99. The van der Waals surface area contributed by atoms with Crippen LogP contribution in [0.15, 0.2) is 42.6 Å². The molecule has 1 aromatic heterocycles. The molecule has 3 rings (SSSR count). The van der Waals surface area contributed by atoms with E-state index in [0.717, 1.165) is 5.69 Å². The van der Waals surface area contributed by atoms with Gasteiger partial charge in [-0.05, 0) is 49.1 Å². The third-order valence-electron chi connectivity index (χ3n) is 3.74. The first-order valence-corrected chi connectivity index (χ1v) is 7.90. The molecule has 19 heavy (non-hydrogen) atoms. The lowest BCUT2D eigenvalue weighted by Crippen LogP contribution is -2.27. The Labute approximate surface area is 118 Å². The highest BCUT2D eigenvalue weighted by Crippen LogP contribution is 2.34. The zero-order valence-electron chi connectivity index (χ0n) is 11.1. The fraction of sp³-hybridized carbons (Fsp3) is 0.400. The number of hydrogen-bond donors (Lipinski definition) is 1. The summed E-state index contributed by atoms with van der Waals surface area (Å²) < 4.78 is 2.06. The van der Waals surface area contributed by atoms with E-state index in [1.807, 2.05) is 12.3 Å². The minimum atomic E-state index is 0.387. The van der Waals surface area contributed by atoms with Gasteiger partial charge in [-0.2, -0.15) is 16.9 Å². The quantitative estimate of drug-likeness (QED) is 0.929. The summed E-state index contributed by atoms with van der Waals surface area (Å²) >= 11 is 2.06. The minimum Gasteiger partial charge on any atom is -0.311 e. The van der Waals surface area contributed by atoms with Crippen LogP contribution in [0.25, 0.3) is 5.69 Å². The summed E-state index contributed by atoms with van der Waals surface area (Å²) in [6.07, 6.45) is 3.19. The van der Waals surface area contributed by atoms with Crippen molar-refractivity contribution in [1.29, 1.82) is 0 Å². The number of nitrogens with zero attached hydrogens (tertiary/aromatic N) is 2. The summed E-state index contributed by atoms with van der Waals surface area (Å²) in [5.41, 5.74) is 2.40. The standard InChI is InChI=1S/C15H19N3S/c1-16-15(12-8-10-19-11-12)14-7-9-17-18(14)13-5-3-2-4-6-13/h2-7,9,12,15-16H,8,10-11H2,1H3. The lowest BCUT2D eigenvalue weighted by Gasteiger charge is -2.23.